The molecule has 0 fully saturated rings. The van der Waals surface area contributed by atoms with Crippen molar-refractivity contribution in [3.8, 4) is 33.9 Å². The highest BCUT2D eigenvalue weighted by atomic mass is 19.4. The van der Waals surface area contributed by atoms with E-state index in [1.165, 1.54) is 0 Å². The van der Waals surface area contributed by atoms with E-state index in [1.54, 1.807) is 0 Å². The zero-order chi connectivity index (χ0) is 61.7. The molecule has 0 amide bonds. The number of aromatic nitrogens is 4. The quantitative estimate of drug-likeness (QED) is 0.149. The molecule has 0 saturated carbocycles. The van der Waals surface area contributed by atoms with E-state index in [0.717, 1.165) is 106 Å². The van der Waals surface area contributed by atoms with E-state index >= 15 is 26.3 Å². The van der Waals surface area contributed by atoms with E-state index in [9.17, 15) is 0 Å². The number of alkyl halides is 6. The van der Waals surface area contributed by atoms with Crippen LogP contribution in [0.25, 0.3) is 121 Å². The number of benzene rings is 13. The second-order valence-corrected chi connectivity index (χ2v) is 23.4. The average molecular weight is 1210 g/mol. The molecule has 1 aliphatic heterocycles. The molecular formula is C80H48F6N6. The number of rotatable bonds is 7. The molecule has 0 bridgehead atoms. The summed E-state index contributed by atoms with van der Waals surface area (Å²) in [6.07, 6.45) is -10.5. The van der Waals surface area contributed by atoms with Crippen LogP contribution in [0.1, 0.15) is 11.1 Å². The molecule has 5 heterocycles. The van der Waals surface area contributed by atoms with E-state index in [-0.39, 0.29) is 17.2 Å². The lowest BCUT2D eigenvalue weighted by Crippen LogP contribution is -2.27. The van der Waals surface area contributed by atoms with Crippen LogP contribution in [0.5, 0.6) is 0 Å². The van der Waals surface area contributed by atoms with Crippen LogP contribution in [0.2, 0.25) is 0 Å². The van der Waals surface area contributed by atoms with Crippen LogP contribution in [0.15, 0.2) is 291 Å². The van der Waals surface area contributed by atoms with Crippen molar-refractivity contribution in [3.63, 3.8) is 0 Å². The molecule has 13 aromatic carbocycles. The highest BCUT2D eigenvalue weighted by molar-refractivity contribution is 6.20. The Kier molecular flexibility index (Phi) is 11.5. The normalized spacial score (nSPS) is 12.8. The van der Waals surface area contributed by atoms with E-state index in [4.69, 9.17) is 0 Å². The molecule has 17 aromatic rings. The van der Waals surface area contributed by atoms with Crippen LogP contribution in [-0.4, -0.2) is 18.3 Å². The summed E-state index contributed by atoms with van der Waals surface area (Å²) < 4.78 is 106. The summed E-state index contributed by atoms with van der Waals surface area (Å²) in [6, 6.07) is 92.7. The molecule has 0 N–H and O–H groups in total. The van der Waals surface area contributed by atoms with Gasteiger partial charge < -0.3 is 28.1 Å². The fourth-order valence-electron chi connectivity index (χ4n) is 14.8. The van der Waals surface area contributed by atoms with Crippen LogP contribution in [0.3, 0.4) is 0 Å². The number of nitrogens with zero attached hydrogens (tertiary/aromatic N) is 6. The Morgan fingerprint density at radius 2 is 0.457 bits per heavy atom. The first-order valence-corrected chi connectivity index (χ1v) is 30.3. The molecule has 0 aliphatic carbocycles. The van der Waals surface area contributed by atoms with Gasteiger partial charge in [0.05, 0.1) is 106 Å². The lowest BCUT2D eigenvalue weighted by molar-refractivity contribution is -0.143. The number of para-hydroxylation sites is 13. The van der Waals surface area contributed by atoms with E-state index in [0.29, 0.717) is 50.5 Å². The van der Waals surface area contributed by atoms with Gasteiger partial charge in [0.1, 0.15) is 0 Å². The molecule has 4 aromatic heterocycles. The zero-order valence-electron chi connectivity index (χ0n) is 48.7. The Hall–Kier alpha value is -11.8. The minimum Gasteiger partial charge on any atom is -0.306 e. The molecule has 0 saturated heterocycles. The third kappa shape index (κ3) is 7.70. The van der Waals surface area contributed by atoms with Gasteiger partial charge in [-0.15, -0.1) is 0 Å². The summed E-state index contributed by atoms with van der Waals surface area (Å²) in [5.74, 6) is 0. The number of hydrogen-bond acceptors (Lipinski definition) is 2. The van der Waals surface area contributed by atoms with Gasteiger partial charge in [-0.05, 0) is 109 Å². The Morgan fingerprint density at radius 1 is 0.217 bits per heavy atom. The van der Waals surface area contributed by atoms with Gasteiger partial charge in [0.25, 0.3) is 0 Å². The third-order valence-corrected chi connectivity index (χ3v) is 18.4. The van der Waals surface area contributed by atoms with Crippen molar-refractivity contribution in [2.24, 2.45) is 0 Å². The van der Waals surface area contributed by atoms with Gasteiger partial charge in [-0.25, -0.2) is 0 Å². The van der Waals surface area contributed by atoms with E-state index in [2.05, 4.69) is 113 Å². The standard InChI is InChI=1S/C80H48F6N6/c81-79(82,83)50-46-49(47-51(48-50)80(84,85)86)73-74(88-61-34-12-4-26-53(61)54-27-5-13-35-62(54)88)76(90-65-38-16-8-30-57(65)58-31-9-17-39-66(58)90)78(92-71-44-22-20-42-69(71)87(52-24-2-1-3-25-52)70-43-21-23-45-72(70)92)77(91-67-40-18-10-32-59(67)60-33-11-19-41-68(60)91)75(73)89-63-36-14-6-28-55(63)56-29-7-15-37-64(56)89/h1-48H. The number of halogens is 6. The Balaban J connectivity index is 1.23. The van der Waals surface area contributed by atoms with Gasteiger partial charge in [0.2, 0.25) is 0 Å². The molecule has 0 radical (unpaired) electrons. The van der Waals surface area contributed by atoms with Crippen LogP contribution in [-0.2, 0) is 12.4 Å². The first kappa shape index (κ1) is 53.3. The fourth-order valence-corrected chi connectivity index (χ4v) is 14.8. The predicted octanol–water partition coefficient (Wildman–Crippen LogP) is 23.0. The lowest BCUT2D eigenvalue weighted by atomic mass is 9.91. The third-order valence-electron chi connectivity index (χ3n) is 18.4. The van der Waals surface area contributed by atoms with Crippen LogP contribution in [0.4, 0.5) is 60.5 Å². The summed E-state index contributed by atoms with van der Waals surface area (Å²) >= 11 is 0. The van der Waals surface area contributed by atoms with Gasteiger partial charge in [0.15, 0.2) is 0 Å². The van der Waals surface area contributed by atoms with Crippen molar-refractivity contribution in [1.29, 1.82) is 0 Å². The zero-order valence-corrected chi connectivity index (χ0v) is 48.7. The van der Waals surface area contributed by atoms with Gasteiger partial charge in [-0.3, -0.25) is 0 Å². The van der Waals surface area contributed by atoms with Crippen LogP contribution in [0, 0.1) is 0 Å². The maximum absolute atomic E-state index is 16.3. The first-order valence-electron chi connectivity index (χ1n) is 30.3. The summed E-state index contributed by atoms with van der Waals surface area (Å²) in [4.78, 5) is 4.55. The summed E-state index contributed by atoms with van der Waals surface area (Å²) in [6.45, 7) is 0. The number of hydrogen-bond donors (Lipinski definition) is 0. The second-order valence-electron chi connectivity index (χ2n) is 23.4. The first-order chi connectivity index (χ1) is 45.0. The molecule has 0 unspecified atom stereocenters. The van der Waals surface area contributed by atoms with Crippen molar-refractivity contribution in [3.05, 3.63) is 302 Å². The van der Waals surface area contributed by atoms with Crippen molar-refractivity contribution in [1.82, 2.24) is 18.3 Å². The molecule has 18 rings (SSSR count). The number of anilines is 6. The average Bonchev–Trinajstić information content (AvgIpc) is 1.33. The van der Waals surface area contributed by atoms with Crippen molar-refractivity contribution >= 4 is 121 Å². The van der Waals surface area contributed by atoms with Gasteiger partial charge in [-0.1, -0.05) is 188 Å². The predicted molar refractivity (Wildman–Crippen MR) is 362 cm³/mol. The molecule has 12 heteroatoms. The molecule has 440 valence electrons. The Labute approximate surface area is 521 Å². The minimum absolute atomic E-state index is 0.0987. The van der Waals surface area contributed by atoms with Gasteiger partial charge >= 0.3 is 12.4 Å². The molecule has 6 nitrogen and oxygen atoms in total. The van der Waals surface area contributed by atoms with Gasteiger partial charge in [0, 0.05) is 54.3 Å². The maximum Gasteiger partial charge on any atom is 0.416 e. The minimum atomic E-state index is -5.24. The van der Waals surface area contributed by atoms with E-state index in [1.807, 2.05) is 188 Å². The SMILES string of the molecule is FC(F)(F)c1cc(-c2c(-n3c4ccccc4c4ccccc43)c(-n3c4ccccc4c4ccccc43)c(N3c4ccccc4N(c4ccccc4)c4ccccc43)c(-n3c4ccccc4c4ccccc43)c2-n2c3ccccc3c3ccccc32)cc(C(F)(F)F)c1. The van der Waals surface area contributed by atoms with Gasteiger partial charge in [-0.2, -0.15) is 26.3 Å². The largest absolute Gasteiger partial charge is 0.416 e. The fraction of sp³-hybridized carbons (Fsp3) is 0.0250. The van der Waals surface area contributed by atoms with Crippen LogP contribution >= 0.6 is 0 Å². The summed E-state index contributed by atoms with van der Waals surface area (Å²) in [7, 11) is 0. The molecule has 1 aliphatic rings. The van der Waals surface area contributed by atoms with Crippen LogP contribution < -0.4 is 9.80 Å². The van der Waals surface area contributed by atoms with Crippen molar-refractivity contribution in [2.75, 3.05) is 9.80 Å². The van der Waals surface area contributed by atoms with Crippen molar-refractivity contribution < 1.29 is 26.3 Å². The number of fused-ring (bicyclic) bond motifs is 14. The van der Waals surface area contributed by atoms with E-state index < -0.39 is 23.5 Å². The highest BCUT2D eigenvalue weighted by Crippen LogP contribution is 2.62. The second kappa shape index (κ2) is 19.9. The Morgan fingerprint density at radius 3 is 0.739 bits per heavy atom. The lowest BCUT2D eigenvalue weighted by Gasteiger charge is -2.43. The summed E-state index contributed by atoms with van der Waals surface area (Å²) in [5, 5.41) is 6.79. The smallest absolute Gasteiger partial charge is 0.306 e. The molecule has 0 atom stereocenters. The summed E-state index contributed by atoms with van der Waals surface area (Å²) in [5.41, 5.74) is 8.64. The topological polar surface area (TPSA) is 26.2 Å². The Bertz CT molecular complexity index is 5360. The molecule has 0 spiro atoms. The highest BCUT2D eigenvalue weighted by Gasteiger charge is 2.43. The maximum atomic E-state index is 16.3. The molecular weight excluding hydrogens is 1160 g/mol. The molecule has 92 heavy (non-hydrogen) atoms. The monoisotopic (exact) mass is 1210 g/mol. The van der Waals surface area contributed by atoms with Crippen molar-refractivity contribution in [2.45, 2.75) is 12.4 Å².